The van der Waals surface area contributed by atoms with Gasteiger partial charge in [0.05, 0.1) is 18.9 Å². The van der Waals surface area contributed by atoms with Gasteiger partial charge in [0, 0.05) is 24.7 Å². The second-order valence-corrected chi connectivity index (χ2v) is 17.0. The largest absolute Gasteiger partial charge is 0.465 e. The first kappa shape index (κ1) is 31.8. The Kier molecular flexibility index (Phi) is 7.53. The molecule has 44 heavy (non-hydrogen) atoms. The topological polar surface area (TPSA) is 96.0 Å². The van der Waals surface area contributed by atoms with Gasteiger partial charge in [-0.15, -0.1) is 0 Å². The van der Waals surface area contributed by atoms with Crippen LogP contribution in [0.4, 0.5) is 0 Å². The number of hydrogen-bond donors (Lipinski definition) is 0. The number of carbonyl (C=O) groups excluding carboxylic acids is 4. The van der Waals surface area contributed by atoms with E-state index in [1.54, 1.807) is 0 Å². The lowest BCUT2D eigenvalue weighted by molar-refractivity contribution is -0.247. The summed E-state index contributed by atoms with van der Waals surface area (Å²) in [6.07, 6.45) is 10.6. The van der Waals surface area contributed by atoms with Crippen LogP contribution in [-0.4, -0.2) is 36.6 Å². The lowest BCUT2D eigenvalue weighted by Gasteiger charge is -2.72. The van der Waals surface area contributed by atoms with Crippen LogP contribution in [0.5, 0.6) is 0 Å². The van der Waals surface area contributed by atoms with Gasteiger partial charge < -0.3 is 14.2 Å². The monoisotopic (exact) mass is 610 g/mol. The van der Waals surface area contributed by atoms with Gasteiger partial charge in [-0.2, -0.15) is 0 Å². The number of fused-ring (bicyclic) bond motifs is 7. The SMILES string of the molecule is CC(=O)OC[C@]12CCC(=C(C)C3CC(=O)OC3=O)C1C1CCC3[C@@]4(C)CC[C@H](OC(C)=O)C(C)(C)C4CC[C@@]3(C)[C@]1(C)CC2. The van der Waals surface area contributed by atoms with Gasteiger partial charge in [0.15, 0.2) is 0 Å². The molecular formula is C37H54O7. The second-order valence-electron chi connectivity index (χ2n) is 17.0. The zero-order valence-corrected chi connectivity index (χ0v) is 28.3. The Hall–Kier alpha value is -2.18. The normalized spacial score (nSPS) is 47.0. The number of esters is 4. The summed E-state index contributed by atoms with van der Waals surface area (Å²) >= 11 is 0. The summed E-state index contributed by atoms with van der Waals surface area (Å²) in [5.74, 6) is -0.0371. The summed E-state index contributed by atoms with van der Waals surface area (Å²) < 4.78 is 16.8. The van der Waals surface area contributed by atoms with E-state index in [0.29, 0.717) is 24.4 Å². The minimum Gasteiger partial charge on any atom is -0.465 e. The van der Waals surface area contributed by atoms with E-state index in [0.717, 1.165) is 69.8 Å². The van der Waals surface area contributed by atoms with Crippen LogP contribution in [0.1, 0.15) is 126 Å². The fourth-order valence-corrected chi connectivity index (χ4v) is 12.8. The Bertz CT molecular complexity index is 1300. The highest BCUT2D eigenvalue weighted by molar-refractivity contribution is 5.96. The van der Waals surface area contributed by atoms with Crippen molar-refractivity contribution in [3.8, 4) is 0 Å². The smallest absolute Gasteiger partial charge is 0.321 e. The van der Waals surface area contributed by atoms with Crippen LogP contribution in [0.2, 0.25) is 0 Å². The fourth-order valence-electron chi connectivity index (χ4n) is 12.8. The lowest BCUT2D eigenvalue weighted by atomic mass is 9.32. The van der Waals surface area contributed by atoms with E-state index in [9.17, 15) is 19.2 Å². The molecule has 0 spiro atoms. The Labute approximate surface area is 263 Å². The number of rotatable bonds is 4. The van der Waals surface area contributed by atoms with Gasteiger partial charge >= 0.3 is 23.9 Å². The molecule has 10 atom stereocenters. The number of cyclic esters (lactones) is 2. The Morgan fingerprint density at radius 1 is 0.818 bits per heavy atom. The van der Waals surface area contributed by atoms with E-state index in [1.165, 1.54) is 19.4 Å². The molecule has 5 aliphatic carbocycles. The van der Waals surface area contributed by atoms with Gasteiger partial charge in [0.1, 0.15) is 6.10 Å². The van der Waals surface area contributed by atoms with Crippen LogP contribution >= 0.6 is 0 Å². The predicted octanol–water partition coefficient (Wildman–Crippen LogP) is 7.35. The van der Waals surface area contributed by atoms with Crippen LogP contribution in [-0.2, 0) is 33.4 Å². The summed E-state index contributed by atoms with van der Waals surface area (Å²) in [7, 11) is 0. The molecule has 6 fully saturated rings. The number of allylic oxidation sites excluding steroid dienone is 1. The van der Waals surface area contributed by atoms with Crippen LogP contribution in [0.3, 0.4) is 0 Å². The van der Waals surface area contributed by atoms with Crippen LogP contribution in [0.15, 0.2) is 11.1 Å². The second kappa shape index (κ2) is 10.4. The fraction of sp³-hybridized carbons (Fsp3) is 0.838. The van der Waals surface area contributed by atoms with Crippen molar-refractivity contribution in [1.82, 2.24) is 0 Å². The number of ether oxygens (including phenoxy) is 3. The Balaban J connectivity index is 1.38. The maximum Gasteiger partial charge on any atom is 0.321 e. The zero-order valence-electron chi connectivity index (χ0n) is 28.3. The van der Waals surface area contributed by atoms with E-state index in [1.807, 2.05) is 0 Å². The first-order valence-electron chi connectivity index (χ1n) is 17.2. The molecule has 7 nitrogen and oxygen atoms in total. The lowest BCUT2D eigenvalue weighted by Crippen LogP contribution is -2.66. The third-order valence-corrected chi connectivity index (χ3v) is 15.1. The highest BCUT2D eigenvalue weighted by Gasteiger charge is 2.71. The van der Waals surface area contributed by atoms with Crippen molar-refractivity contribution < 1.29 is 33.4 Å². The average molecular weight is 611 g/mol. The van der Waals surface area contributed by atoms with Crippen LogP contribution in [0.25, 0.3) is 0 Å². The molecule has 6 aliphatic rings. The van der Waals surface area contributed by atoms with Gasteiger partial charge in [-0.1, -0.05) is 45.8 Å². The van der Waals surface area contributed by atoms with Crippen molar-refractivity contribution >= 4 is 23.9 Å². The minimum atomic E-state index is -0.494. The number of carbonyl (C=O) groups is 4. The standard InChI is InChI=1S/C37H54O7/c1-21(25-19-30(40)44-32(25)41)24-11-16-37(20-42-22(2)38)18-17-35(7)26(31(24)37)9-10-28-34(6)14-13-29(43-23(3)39)33(4,5)27(34)12-15-36(28,35)8/h25-29,31H,9-20H2,1-8H3/t25?,26?,27?,28?,29-,31?,34-,35+,36+,37+/m0/s1. The van der Waals surface area contributed by atoms with Crippen molar-refractivity contribution in [2.75, 3.05) is 6.61 Å². The van der Waals surface area contributed by atoms with Gasteiger partial charge in [-0.25, -0.2) is 0 Å². The van der Waals surface area contributed by atoms with E-state index in [2.05, 4.69) is 41.5 Å². The summed E-state index contributed by atoms with van der Waals surface area (Å²) in [5.41, 5.74) is 2.55. The molecule has 5 unspecified atom stereocenters. The molecule has 1 saturated heterocycles. The molecule has 6 rings (SSSR count). The van der Waals surface area contributed by atoms with E-state index in [4.69, 9.17) is 14.2 Å². The third-order valence-electron chi connectivity index (χ3n) is 15.1. The molecule has 0 amide bonds. The minimum absolute atomic E-state index is 0.0331. The zero-order chi connectivity index (χ0) is 32.0. The molecule has 0 aromatic carbocycles. The molecule has 0 bridgehead atoms. The molecule has 5 saturated carbocycles. The Morgan fingerprint density at radius 2 is 1.55 bits per heavy atom. The van der Waals surface area contributed by atoms with Gasteiger partial charge in [-0.05, 0) is 111 Å². The Morgan fingerprint density at radius 3 is 2.18 bits per heavy atom. The predicted molar refractivity (Wildman–Crippen MR) is 165 cm³/mol. The highest BCUT2D eigenvalue weighted by atomic mass is 16.6. The molecule has 0 N–H and O–H groups in total. The first-order valence-corrected chi connectivity index (χ1v) is 17.2. The quantitative estimate of drug-likeness (QED) is 0.142. The summed E-state index contributed by atoms with van der Waals surface area (Å²) in [6.45, 7) is 17.9. The van der Waals surface area contributed by atoms with Crippen molar-refractivity contribution in [1.29, 1.82) is 0 Å². The molecule has 1 heterocycles. The van der Waals surface area contributed by atoms with Gasteiger partial charge in [-0.3, -0.25) is 19.2 Å². The van der Waals surface area contributed by atoms with Gasteiger partial charge in [0.25, 0.3) is 0 Å². The summed E-state index contributed by atoms with van der Waals surface area (Å²) in [6, 6.07) is 0. The molecule has 7 heteroatoms. The van der Waals surface area contributed by atoms with Crippen molar-refractivity contribution in [2.24, 2.45) is 56.7 Å². The number of hydrogen-bond acceptors (Lipinski definition) is 7. The summed E-state index contributed by atoms with van der Waals surface area (Å²) in [5, 5.41) is 0. The van der Waals surface area contributed by atoms with Crippen molar-refractivity contribution in [3.63, 3.8) is 0 Å². The molecule has 0 radical (unpaired) electrons. The molecule has 244 valence electrons. The molecule has 0 aromatic rings. The van der Waals surface area contributed by atoms with Crippen LogP contribution in [0, 0.1) is 56.7 Å². The van der Waals surface area contributed by atoms with E-state index >= 15 is 0 Å². The molecule has 1 aliphatic heterocycles. The van der Waals surface area contributed by atoms with Crippen molar-refractivity contribution in [3.05, 3.63) is 11.1 Å². The van der Waals surface area contributed by atoms with Gasteiger partial charge in [0.2, 0.25) is 0 Å². The highest BCUT2D eigenvalue weighted by Crippen LogP contribution is 2.77. The third kappa shape index (κ3) is 4.40. The molecule has 0 aromatic heterocycles. The maximum absolute atomic E-state index is 12.8. The van der Waals surface area contributed by atoms with E-state index in [-0.39, 0.29) is 57.5 Å². The summed E-state index contributed by atoms with van der Waals surface area (Å²) in [4.78, 5) is 49.0. The first-order chi connectivity index (χ1) is 20.5. The molecular weight excluding hydrogens is 556 g/mol. The maximum atomic E-state index is 12.8. The van der Waals surface area contributed by atoms with Crippen molar-refractivity contribution in [2.45, 2.75) is 132 Å². The average Bonchev–Trinajstić information content (AvgIpc) is 3.48. The van der Waals surface area contributed by atoms with E-state index < -0.39 is 17.9 Å². The van der Waals surface area contributed by atoms with Crippen LogP contribution < -0.4 is 0 Å².